The van der Waals surface area contributed by atoms with Gasteiger partial charge in [-0.05, 0) is 45.1 Å². The smallest absolute Gasteiger partial charge is 0.244 e. The van der Waals surface area contributed by atoms with Crippen LogP contribution in [0.25, 0.3) is 0 Å². The van der Waals surface area contributed by atoms with Crippen molar-refractivity contribution in [2.45, 2.75) is 30.2 Å². The minimum atomic E-state index is -3.60. The van der Waals surface area contributed by atoms with Crippen LogP contribution >= 0.6 is 11.6 Å². The van der Waals surface area contributed by atoms with Gasteiger partial charge in [0.25, 0.3) is 0 Å². The van der Waals surface area contributed by atoms with Gasteiger partial charge in [-0.25, -0.2) is 8.42 Å². The molecule has 1 aromatic heterocycles. The van der Waals surface area contributed by atoms with Crippen molar-refractivity contribution in [3.63, 3.8) is 0 Å². The maximum Gasteiger partial charge on any atom is 0.244 e. The summed E-state index contributed by atoms with van der Waals surface area (Å²) < 4.78 is 29.5. The first-order valence-corrected chi connectivity index (χ1v) is 10.5. The minimum Gasteiger partial charge on any atom is -0.304 e. The van der Waals surface area contributed by atoms with Crippen molar-refractivity contribution >= 4 is 21.6 Å². The summed E-state index contributed by atoms with van der Waals surface area (Å²) in [5, 5.41) is 4.90. The largest absolute Gasteiger partial charge is 0.304 e. The summed E-state index contributed by atoms with van der Waals surface area (Å²) >= 11 is 6.13. The topological polar surface area (TPSA) is 58.4 Å². The van der Waals surface area contributed by atoms with E-state index < -0.39 is 10.0 Å². The molecule has 1 aliphatic heterocycles. The molecule has 0 N–H and O–H groups in total. The van der Waals surface area contributed by atoms with Gasteiger partial charge in [-0.15, -0.1) is 0 Å². The van der Waals surface area contributed by atoms with E-state index in [0.29, 0.717) is 13.1 Å². The molecular weight excluding hydrogens is 372 g/mol. The third-order valence-corrected chi connectivity index (χ3v) is 7.10. The van der Waals surface area contributed by atoms with Crippen LogP contribution in [0.5, 0.6) is 0 Å². The zero-order chi connectivity index (χ0) is 18.9. The molecule has 0 amide bonds. The first-order valence-electron chi connectivity index (χ1n) is 8.71. The number of halogens is 1. The van der Waals surface area contributed by atoms with Crippen LogP contribution in [0.15, 0.2) is 35.2 Å². The van der Waals surface area contributed by atoms with Crippen molar-refractivity contribution in [2.75, 3.05) is 27.2 Å². The van der Waals surface area contributed by atoms with Gasteiger partial charge in [0.2, 0.25) is 10.0 Å². The second kappa shape index (κ2) is 7.68. The van der Waals surface area contributed by atoms with E-state index in [0.717, 1.165) is 30.8 Å². The van der Waals surface area contributed by atoms with Crippen LogP contribution in [0.3, 0.4) is 0 Å². The zero-order valence-electron chi connectivity index (χ0n) is 15.4. The first-order chi connectivity index (χ1) is 12.3. The molecule has 0 aliphatic carbocycles. The highest BCUT2D eigenvalue weighted by Gasteiger charge is 2.33. The van der Waals surface area contributed by atoms with Gasteiger partial charge in [0.1, 0.15) is 4.90 Å². The lowest BCUT2D eigenvalue weighted by atomic mass is 9.96. The standard InChI is InChI=1S/C18H25ClN4O2S/c1-21(2)13-15-11-17(20-22(15)3)14-7-6-10-23(12-14)26(24,25)18-9-5-4-8-16(18)19/h4-5,8-9,11,14H,6-7,10,12-13H2,1-3H3. The molecule has 2 heterocycles. The van der Waals surface area contributed by atoms with E-state index in [4.69, 9.17) is 11.6 Å². The van der Waals surface area contributed by atoms with Crippen molar-refractivity contribution in [2.24, 2.45) is 7.05 Å². The Morgan fingerprint density at radius 3 is 2.73 bits per heavy atom. The summed E-state index contributed by atoms with van der Waals surface area (Å²) in [6.07, 6.45) is 1.75. The van der Waals surface area contributed by atoms with Crippen LogP contribution in [0.2, 0.25) is 5.02 Å². The first kappa shape index (κ1) is 19.4. The number of nitrogens with zero attached hydrogens (tertiary/aromatic N) is 4. The van der Waals surface area contributed by atoms with Gasteiger partial charge in [0, 0.05) is 32.6 Å². The number of hydrogen-bond acceptors (Lipinski definition) is 4. The Kier molecular flexibility index (Phi) is 5.72. The Morgan fingerprint density at radius 1 is 1.31 bits per heavy atom. The molecule has 2 aromatic rings. The summed E-state index contributed by atoms with van der Waals surface area (Å²) in [4.78, 5) is 2.27. The molecule has 8 heteroatoms. The maximum atomic E-state index is 13.0. The molecule has 3 rings (SSSR count). The number of aryl methyl sites for hydroxylation is 1. The van der Waals surface area contributed by atoms with E-state index in [1.165, 1.54) is 0 Å². The fourth-order valence-corrected chi connectivity index (χ4v) is 5.41. The Morgan fingerprint density at radius 2 is 2.04 bits per heavy atom. The highest BCUT2D eigenvalue weighted by Crippen LogP contribution is 2.32. The molecule has 1 aliphatic rings. The number of hydrogen-bond donors (Lipinski definition) is 0. The lowest BCUT2D eigenvalue weighted by Crippen LogP contribution is -2.39. The fraction of sp³-hybridized carbons (Fsp3) is 0.500. The number of rotatable bonds is 5. The molecule has 1 fully saturated rings. The van der Waals surface area contributed by atoms with Gasteiger partial charge in [-0.2, -0.15) is 9.40 Å². The zero-order valence-corrected chi connectivity index (χ0v) is 17.0. The molecular formula is C18H25ClN4O2S. The summed E-state index contributed by atoms with van der Waals surface area (Å²) in [6, 6.07) is 8.71. The molecule has 26 heavy (non-hydrogen) atoms. The highest BCUT2D eigenvalue weighted by molar-refractivity contribution is 7.89. The molecule has 142 valence electrons. The van der Waals surface area contributed by atoms with Gasteiger partial charge < -0.3 is 4.90 Å². The summed E-state index contributed by atoms with van der Waals surface area (Å²) in [5.41, 5.74) is 2.08. The molecule has 0 radical (unpaired) electrons. The van der Waals surface area contributed by atoms with E-state index >= 15 is 0 Å². The SMILES string of the molecule is CN(C)Cc1cc(C2CCCN(S(=O)(=O)c3ccccc3Cl)C2)nn1C. The Hall–Kier alpha value is -1.41. The molecule has 6 nitrogen and oxygen atoms in total. The molecule has 0 bridgehead atoms. The van der Waals surface area contributed by atoms with E-state index in [1.54, 1.807) is 28.6 Å². The normalized spacial score (nSPS) is 19.2. The van der Waals surface area contributed by atoms with E-state index in [9.17, 15) is 8.42 Å². The molecule has 1 atom stereocenters. The molecule has 0 saturated carbocycles. The van der Waals surface area contributed by atoms with Crippen LogP contribution in [-0.2, 0) is 23.6 Å². The lowest BCUT2D eigenvalue weighted by Gasteiger charge is -2.31. The van der Waals surface area contributed by atoms with Crippen molar-refractivity contribution < 1.29 is 8.42 Å². The average molecular weight is 397 g/mol. The van der Waals surface area contributed by atoms with Gasteiger partial charge >= 0.3 is 0 Å². The molecule has 1 aromatic carbocycles. The fourth-order valence-electron chi connectivity index (χ4n) is 3.40. The van der Waals surface area contributed by atoms with Crippen LogP contribution in [0.1, 0.15) is 30.1 Å². The second-order valence-electron chi connectivity index (χ2n) is 7.05. The summed E-state index contributed by atoms with van der Waals surface area (Å²) in [5.74, 6) is 0.100. The predicted molar refractivity (Wildman–Crippen MR) is 103 cm³/mol. The number of sulfonamides is 1. The Bertz CT molecular complexity index is 879. The molecule has 0 spiro atoms. The number of piperidine rings is 1. The van der Waals surface area contributed by atoms with Crippen molar-refractivity contribution in [3.8, 4) is 0 Å². The van der Waals surface area contributed by atoms with Crippen molar-refractivity contribution in [1.29, 1.82) is 0 Å². The van der Waals surface area contributed by atoms with Gasteiger partial charge in [0.15, 0.2) is 0 Å². The predicted octanol–water partition coefficient (Wildman–Crippen LogP) is 2.70. The third-order valence-electron chi connectivity index (χ3n) is 4.73. The van der Waals surface area contributed by atoms with Crippen LogP contribution < -0.4 is 0 Å². The van der Waals surface area contributed by atoms with E-state index in [-0.39, 0.29) is 15.8 Å². The summed E-state index contributed by atoms with van der Waals surface area (Å²) in [7, 11) is 2.37. The van der Waals surface area contributed by atoms with Crippen LogP contribution in [-0.4, -0.2) is 54.6 Å². The van der Waals surface area contributed by atoms with Gasteiger partial charge in [-0.3, -0.25) is 4.68 Å². The second-order valence-corrected chi connectivity index (χ2v) is 9.37. The average Bonchev–Trinajstić information content (AvgIpc) is 2.95. The van der Waals surface area contributed by atoms with Crippen molar-refractivity contribution in [3.05, 3.63) is 46.7 Å². The quantitative estimate of drug-likeness (QED) is 0.779. The number of aromatic nitrogens is 2. The Labute approximate surface area is 160 Å². The minimum absolute atomic E-state index is 0.100. The highest BCUT2D eigenvalue weighted by atomic mass is 35.5. The molecule has 1 unspecified atom stereocenters. The monoisotopic (exact) mass is 396 g/mol. The summed E-state index contributed by atoms with van der Waals surface area (Å²) in [6.45, 7) is 1.76. The maximum absolute atomic E-state index is 13.0. The lowest BCUT2D eigenvalue weighted by molar-refractivity contribution is 0.312. The number of benzene rings is 1. The Balaban J connectivity index is 1.83. The van der Waals surface area contributed by atoms with E-state index in [1.807, 2.05) is 25.8 Å². The van der Waals surface area contributed by atoms with Crippen LogP contribution in [0, 0.1) is 0 Å². The molecule has 1 saturated heterocycles. The third kappa shape index (κ3) is 3.96. The van der Waals surface area contributed by atoms with Crippen molar-refractivity contribution in [1.82, 2.24) is 19.0 Å². The van der Waals surface area contributed by atoms with E-state index in [2.05, 4.69) is 16.1 Å². The van der Waals surface area contributed by atoms with Gasteiger partial charge in [-0.1, -0.05) is 23.7 Å². The van der Waals surface area contributed by atoms with Gasteiger partial charge in [0.05, 0.1) is 16.4 Å². The van der Waals surface area contributed by atoms with Crippen LogP contribution in [0.4, 0.5) is 0 Å².